The molecule has 2 amide bonds. The Morgan fingerprint density at radius 1 is 1.30 bits per heavy atom. The maximum absolute atomic E-state index is 11.5. The summed E-state index contributed by atoms with van der Waals surface area (Å²) in [4.78, 5) is 36.0. The fourth-order valence-electron chi connectivity index (χ4n) is 1.49. The zero-order chi connectivity index (χ0) is 15.3. The highest BCUT2D eigenvalue weighted by atomic mass is 16.5. The van der Waals surface area contributed by atoms with Gasteiger partial charge in [-0.15, -0.1) is 0 Å². The SMILES string of the molecule is CCOC(=O)C(=O)Nc1ccc(N(C)C)cc1C(N)=O. The van der Waals surface area contributed by atoms with Gasteiger partial charge in [-0.05, 0) is 25.1 Å². The molecule has 0 saturated heterocycles. The maximum atomic E-state index is 11.5. The molecule has 1 rings (SSSR count). The van der Waals surface area contributed by atoms with Crippen molar-refractivity contribution in [3.63, 3.8) is 0 Å². The Morgan fingerprint density at radius 2 is 1.95 bits per heavy atom. The van der Waals surface area contributed by atoms with Gasteiger partial charge in [-0.2, -0.15) is 0 Å². The number of anilines is 2. The van der Waals surface area contributed by atoms with Gasteiger partial charge in [0.05, 0.1) is 17.9 Å². The van der Waals surface area contributed by atoms with E-state index in [4.69, 9.17) is 5.73 Å². The van der Waals surface area contributed by atoms with Crippen molar-refractivity contribution in [3.8, 4) is 0 Å². The summed E-state index contributed by atoms with van der Waals surface area (Å²) < 4.78 is 4.56. The van der Waals surface area contributed by atoms with Gasteiger partial charge in [0.1, 0.15) is 0 Å². The summed E-state index contributed by atoms with van der Waals surface area (Å²) >= 11 is 0. The number of nitrogens with two attached hydrogens (primary N) is 1. The smallest absolute Gasteiger partial charge is 0.397 e. The van der Waals surface area contributed by atoms with E-state index in [-0.39, 0.29) is 17.9 Å². The number of rotatable bonds is 4. The Balaban J connectivity index is 3.03. The third kappa shape index (κ3) is 3.71. The molecule has 108 valence electrons. The van der Waals surface area contributed by atoms with Crippen molar-refractivity contribution in [1.29, 1.82) is 0 Å². The van der Waals surface area contributed by atoms with Crippen LogP contribution in [0.2, 0.25) is 0 Å². The average molecular weight is 279 g/mol. The lowest BCUT2D eigenvalue weighted by atomic mass is 10.1. The van der Waals surface area contributed by atoms with Crippen LogP contribution >= 0.6 is 0 Å². The van der Waals surface area contributed by atoms with Crippen molar-refractivity contribution in [3.05, 3.63) is 23.8 Å². The molecule has 0 aliphatic heterocycles. The number of esters is 1. The molecule has 0 aliphatic rings. The van der Waals surface area contributed by atoms with E-state index in [0.717, 1.165) is 5.69 Å². The van der Waals surface area contributed by atoms with Crippen molar-refractivity contribution in [1.82, 2.24) is 0 Å². The fraction of sp³-hybridized carbons (Fsp3) is 0.308. The second-order valence-electron chi connectivity index (χ2n) is 4.16. The molecule has 0 radical (unpaired) electrons. The first-order chi connectivity index (χ1) is 9.36. The molecule has 0 saturated carbocycles. The second-order valence-corrected chi connectivity index (χ2v) is 4.16. The Labute approximate surface area is 116 Å². The molecule has 0 aliphatic carbocycles. The highest BCUT2D eigenvalue weighted by molar-refractivity contribution is 6.37. The largest absolute Gasteiger partial charge is 0.459 e. The lowest BCUT2D eigenvalue weighted by molar-refractivity contribution is -0.152. The quantitative estimate of drug-likeness (QED) is 0.611. The molecule has 0 bridgehead atoms. The number of benzene rings is 1. The molecule has 0 aromatic heterocycles. The Hall–Kier alpha value is -2.57. The number of carbonyl (C=O) groups is 3. The Morgan fingerprint density at radius 3 is 2.45 bits per heavy atom. The van der Waals surface area contributed by atoms with Crippen molar-refractivity contribution >= 4 is 29.2 Å². The van der Waals surface area contributed by atoms with Gasteiger partial charge < -0.3 is 20.7 Å². The number of hydrogen-bond acceptors (Lipinski definition) is 5. The first-order valence-electron chi connectivity index (χ1n) is 5.96. The average Bonchev–Trinajstić information content (AvgIpc) is 2.38. The monoisotopic (exact) mass is 279 g/mol. The van der Waals surface area contributed by atoms with Crippen LogP contribution in [0.1, 0.15) is 17.3 Å². The van der Waals surface area contributed by atoms with Crippen molar-refractivity contribution in [2.24, 2.45) is 5.73 Å². The van der Waals surface area contributed by atoms with Crippen LogP contribution in [-0.2, 0) is 14.3 Å². The van der Waals surface area contributed by atoms with Crippen LogP contribution in [0.15, 0.2) is 18.2 Å². The van der Waals surface area contributed by atoms with Gasteiger partial charge in [0.2, 0.25) is 0 Å². The van der Waals surface area contributed by atoms with E-state index in [1.54, 1.807) is 32.0 Å². The molecule has 0 fully saturated rings. The zero-order valence-electron chi connectivity index (χ0n) is 11.6. The predicted octanol–water partition coefficient (Wildman–Crippen LogP) is 0.353. The molecule has 7 heteroatoms. The highest BCUT2D eigenvalue weighted by Crippen LogP contribution is 2.22. The molecule has 20 heavy (non-hydrogen) atoms. The van der Waals surface area contributed by atoms with E-state index >= 15 is 0 Å². The minimum absolute atomic E-state index is 0.0918. The standard InChI is InChI=1S/C13H17N3O4/c1-4-20-13(19)12(18)15-10-6-5-8(16(2)3)7-9(10)11(14)17/h5-7H,4H2,1-3H3,(H2,14,17)(H,15,18). The van der Waals surface area contributed by atoms with E-state index in [1.807, 2.05) is 0 Å². The minimum atomic E-state index is -1.01. The molecule has 0 spiro atoms. The van der Waals surface area contributed by atoms with Crippen LogP contribution in [0.5, 0.6) is 0 Å². The molecule has 3 N–H and O–H groups in total. The third-order valence-corrected chi connectivity index (χ3v) is 2.49. The fourth-order valence-corrected chi connectivity index (χ4v) is 1.49. The van der Waals surface area contributed by atoms with Gasteiger partial charge in [0, 0.05) is 19.8 Å². The molecule has 0 heterocycles. The Kier molecular flexibility index (Phi) is 5.08. The third-order valence-electron chi connectivity index (χ3n) is 2.49. The van der Waals surface area contributed by atoms with Crippen LogP contribution in [0.25, 0.3) is 0 Å². The summed E-state index contributed by atoms with van der Waals surface area (Å²) in [6.07, 6.45) is 0. The summed E-state index contributed by atoms with van der Waals surface area (Å²) in [5.41, 5.74) is 6.30. The van der Waals surface area contributed by atoms with Gasteiger partial charge in [0.25, 0.3) is 5.91 Å². The van der Waals surface area contributed by atoms with E-state index < -0.39 is 17.8 Å². The topological polar surface area (TPSA) is 102 Å². The number of primary amides is 1. The number of nitrogens with one attached hydrogen (secondary N) is 1. The zero-order valence-corrected chi connectivity index (χ0v) is 11.6. The van der Waals surface area contributed by atoms with Gasteiger partial charge in [-0.1, -0.05) is 0 Å². The van der Waals surface area contributed by atoms with Crippen molar-refractivity contribution in [2.45, 2.75) is 6.92 Å². The number of ether oxygens (including phenoxy) is 1. The number of hydrogen-bond donors (Lipinski definition) is 2. The van der Waals surface area contributed by atoms with E-state index in [9.17, 15) is 14.4 Å². The lowest BCUT2D eigenvalue weighted by Crippen LogP contribution is -2.26. The summed E-state index contributed by atoms with van der Waals surface area (Å²) in [7, 11) is 3.61. The first-order valence-corrected chi connectivity index (χ1v) is 5.96. The van der Waals surface area contributed by atoms with Crippen LogP contribution in [0, 0.1) is 0 Å². The molecule has 1 aromatic rings. The van der Waals surface area contributed by atoms with Crippen LogP contribution < -0.4 is 16.0 Å². The molecule has 1 aromatic carbocycles. The van der Waals surface area contributed by atoms with Gasteiger partial charge in [0.15, 0.2) is 0 Å². The number of nitrogens with zero attached hydrogens (tertiary/aromatic N) is 1. The van der Waals surface area contributed by atoms with Crippen molar-refractivity contribution < 1.29 is 19.1 Å². The summed E-state index contributed by atoms with van der Waals surface area (Å²) in [6.45, 7) is 1.68. The molecule has 0 atom stereocenters. The number of amides is 2. The van der Waals surface area contributed by atoms with E-state index in [1.165, 1.54) is 12.1 Å². The number of carbonyl (C=O) groups excluding carboxylic acids is 3. The normalized spacial score (nSPS) is 9.75. The molecule has 7 nitrogen and oxygen atoms in total. The van der Waals surface area contributed by atoms with Gasteiger partial charge >= 0.3 is 11.9 Å². The lowest BCUT2D eigenvalue weighted by Gasteiger charge is -2.15. The predicted molar refractivity (Wildman–Crippen MR) is 74.5 cm³/mol. The van der Waals surface area contributed by atoms with Crippen LogP contribution in [-0.4, -0.2) is 38.5 Å². The van der Waals surface area contributed by atoms with Crippen molar-refractivity contribution in [2.75, 3.05) is 30.9 Å². The van der Waals surface area contributed by atoms with E-state index in [2.05, 4.69) is 10.1 Å². The van der Waals surface area contributed by atoms with Gasteiger partial charge in [-0.3, -0.25) is 9.59 Å². The maximum Gasteiger partial charge on any atom is 0.397 e. The van der Waals surface area contributed by atoms with E-state index in [0.29, 0.717) is 0 Å². The summed E-state index contributed by atoms with van der Waals surface area (Å²) in [6, 6.07) is 4.73. The molecular weight excluding hydrogens is 262 g/mol. The van der Waals surface area contributed by atoms with Crippen LogP contribution in [0.4, 0.5) is 11.4 Å². The molecule has 0 unspecified atom stereocenters. The second kappa shape index (κ2) is 6.55. The summed E-state index contributed by atoms with van der Waals surface area (Å²) in [5.74, 6) is -2.67. The Bertz CT molecular complexity index is 540. The highest BCUT2D eigenvalue weighted by Gasteiger charge is 2.18. The summed E-state index contributed by atoms with van der Waals surface area (Å²) in [5, 5.41) is 2.31. The minimum Gasteiger partial charge on any atom is -0.459 e. The molecular formula is C13H17N3O4. The van der Waals surface area contributed by atoms with Gasteiger partial charge in [-0.25, -0.2) is 4.79 Å². The van der Waals surface area contributed by atoms with Crippen LogP contribution in [0.3, 0.4) is 0 Å². The first kappa shape index (κ1) is 15.5.